The van der Waals surface area contributed by atoms with Gasteiger partial charge in [0.15, 0.2) is 17.7 Å². The van der Waals surface area contributed by atoms with Crippen LogP contribution in [-0.2, 0) is 4.74 Å². The van der Waals surface area contributed by atoms with E-state index in [1.807, 2.05) is 0 Å². The van der Waals surface area contributed by atoms with Crippen LogP contribution in [0.5, 0.6) is 5.75 Å². The van der Waals surface area contributed by atoms with E-state index in [-0.39, 0.29) is 36.1 Å². The summed E-state index contributed by atoms with van der Waals surface area (Å²) in [4.78, 5) is 15.0. The molecule has 1 saturated heterocycles. The zero-order valence-corrected chi connectivity index (χ0v) is 11.4. The molecule has 6 nitrogen and oxygen atoms in total. The molecule has 112 valence electrons. The number of aromatic nitrogens is 1. The number of carbonyl (C=O) groups excluding carboxylic acids is 1. The lowest BCUT2D eigenvalue weighted by molar-refractivity contribution is -0.0596. The standard InChI is InChI=1S/C11H13F2N3O3.ClH/c1-18-10(17)6-2-7(9(14)16-3-6)19-8-4-15-5-11(8,12)13;/h2-3,8,15H,4-5H2,1H3,(H2,14,16);1H. The predicted octanol–water partition coefficient (Wildman–Crippen LogP) is 0.858. The Balaban J connectivity index is 0.00000200. The van der Waals surface area contributed by atoms with E-state index in [0.717, 1.165) is 0 Å². The van der Waals surface area contributed by atoms with Gasteiger partial charge >= 0.3 is 5.97 Å². The molecule has 0 radical (unpaired) electrons. The maximum atomic E-state index is 13.4. The number of nitrogen functional groups attached to an aromatic ring is 1. The second kappa shape index (κ2) is 6.19. The van der Waals surface area contributed by atoms with Crippen LogP contribution in [0.4, 0.5) is 14.6 Å². The molecule has 2 rings (SSSR count). The highest BCUT2D eigenvalue weighted by atomic mass is 35.5. The molecule has 3 N–H and O–H groups in total. The first-order chi connectivity index (χ1) is 8.94. The maximum absolute atomic E-state index is 13.4. The molecule has 9 heteroatoms. The Morgan fingerprint density at radius 1 is 1.60 bits per heavy atom. The summed E-state index contributed by atoms with van der Waals surface area (Å²) in [5, 5.41) is 2.52. The Hall–Kier alpha value is -1.67. The van der Waals surface area contributed by atoms with Crippen molar-refractivity contribution in [3.8, 4) is 5.75 Å². The van der Waals surface area contributed by atoms with Crippen molar-refractivity contribution in [1.29, 1.82) is 0 Å². The average molecular weight is 310 g/mol. The number of alkyl halides is 2. The van der Waals surface area contributed by atoms with Crippen molar-refractivity contribution < 1.29 is 23.0 Å². The van der Waals surface area contributed by atoms with Crippen LogP contribution < -0.4 is 15.8 Å². The molecule has 1 aromatic rings. The minimum Gasteiger partial charge on any atom is -0.479 e. The van der Waals surface area contributed by atoms with Crippen molar-refractivity contribution in [1.82, 2.24) is 10.3 Å². The first-order valence-corrected chi connectivity index (χ1v) is 5.53. The van der Waals surface area contributed by atoms with Crippen LogP contribution in [-0.4, -0.2) is 43.2 Å². The van der Waals surface area contributed by atoms with Crippen molar-refractivity contribution in [2.24, 2.45) is 0 Å². The summed E-state index contributed by atoms with van der Waals surface area (Å²) in [7, 11) is 1.20. The van der Waals surface area contributed by atoms with Crippen LogP contribution in [0.15, 0.2) is 12.3 Å². The van der Waals surface area contributed by atoms with Gasteiger partial charge in [0, 0.05) is 18.8 Å². The number of hydrogen-bond donors (Lipinski definition) is 2. The van der Waals surface area contributed by atoms with E-state index in [1.165, 1.54) is 19.4 Å². The monoisotopic (exact) mass is 309 g/mol. The molecule has 2 heterocycles. The van der Waals surface area contributed by atoms with Crippen LogP contribution in [0.3, 0.4) is 0 Å². The van der Waals surface area contributed by atoms with Crippen molar-refractivity contribution in [2.75, 3.05) is 25.9 Å². The van der Waals surface area contributed by atoms with E-state index in [2.05, 4.69) is 15.0 Å². The third kappa shape index (κ3) is 3.26. The van der Waals surface area contributed by atoms with Gasteiger partial charge in [0.25, 0.3) is 5.92 Å². The number of esters is 1. The van der Waals surface area contributed by atoms with Crippen LogP contribution >= 0.6 is 12.4 Å². The largest absolute Gasteiger partial charge is 0.479 e. The van der Waals surface area contributed by atoms with Gasteiger partial charge in [0.2, 0.25) is 0 Å². The van der Waals surface area contributed by atoms with Crippen LogP contribution in [0.25, 0.3) is 0 Å². The SMILES string of the molecule is COC(=O)c1cnc(N)c(OC2CNCC2(F)F)c1.Cl. The van der Waals surface area contributed by atoms with Crippen molar-refractivity contribution in [3.63, 3.8) is 0 Å². The number of hydrogen-bond acceptors (Lipinski definition) is 6. The lowest BCUT2D eigenvalue weighted by Crippen LogP contribution is -2.36. The van der Waals surface area contributed by atoms with Gasteiger partial charge in [-0.3, -0.25) is 0 Å². The zero-order valence-electron chi connectivity index (χ0n) is 10.6. The molecule has 1 atom stereocenters. The van der Waals surface area contributed by atoms with Crippen LogP contribution in [0.2, 0.25) is 0 Å². The summed E-state index contributed by atoms with van der Waals surface area (Å²) in [6, 6.07) is 1.24. The third-order valence-electron chi connectivity index (χ3n) is 2.73. The second-order valence-corrected chi connectivity index (χ2v) is 4.10. The van der Waals surface area contributed by atoms with Crippen molar-refractivity contribution in [3.05, 3.63) is 17.8 Å². The van der Waals surface area contributed by atoms with Gasteiger partial charge in [-0.2, -0.15) is 0 Å². The molecule has 1 fully saturated rings. The third-order valence-corrected chi connectivity index (χ3v) is 2.73. The summed E-state index contributed by atoms with van der Waals surface area (Å²) >= 11 is 0. The maximum Gasteiger partial charge on any atom is 0.339 e. The Labute approximate surface area is 120 Å². The van der Waals surface area contributed by atoms with Gasteiger partial charge in [0.1, 0.15) is 0 Å². The van der Waals surface area contributed by atoms with Crippen LogP contribution in [0.1, 0.15) is 10.4 Å². The molecule has 0 spiro atoms. The normalized spacial score (nSPS) is 20.1. The molecule has 0 saturated carbocycles. The number of methoxy groups -OCH3 is 1. The minimum atomic E-state index is -2.99. The highest BCUT2D eigenvalue weighted by Crippen LogP contribution is 2.29. The zero-order chi connectivity index (χ0) is 14.0. The highest BCUT2D eigenvalue weighted by molar-refractivity contribution is 5.89. The Morgan fingerprint density at radius 2 is 2.30 bits per heavy atom. The molecule has 0 aromatic carbocycles. The van der Waals surface area contributed by atoms with Gasteiger partial charge in [-0.1, -0.05) is 0 Å². The lowest BCUT2D eigenvalue weighted by Gasteiger charge is -2.20. The Bertz CT molecular complexity index is 502. The first-order valence-electron chi connectivity index (χ1n) is 5.53. The van der Waals surface area contributed by atoms with E-state index in [0.29, 0.717) is 0 Å². The summed E-state index contributed by atoms with van der Waals surface area (Å²) in [6.07, 6.45) is -0.150. The van der Waals surface area contributed by atoms with Gasteiger partial charge in [-0.15, -0.1) is 12.4 Å². The van der Waals surface area contributed by atoms with E-state index in [1.54, 1.807) is 0 Å². The number of pyridine rings is 1. The molecule has 20 heavy (non-hydrogen) atoms. The number of ether oxygens (including phenoxy) is 2. The fraction of sp³-hybridized carbons (Fsp3) is 0.455. The van der Waals surface area contributed by atoms with E-state index < -0.39 is 24.5 Å². The fourth-order valence-electron chi connectivity index (χ4n) is 1.69. The van der Waals surface area contributed by atoms with E-state index >= 15 is 0 Å². The molecular weight excluding hydrogens is 296 g/mol. The Morgan fingerprint density at radius 3 is 2.85 bits per heavy atom. The quantitative estimate of drug-likeness (QED) is 0.805. The summed E-state index contributed by atoms with van der Waals surface area (Å²) < 4.78 is 36.5. The Kier molecular flexibility index (Phi) is 5.07. The van der Waals surface area contributed by atoms with Gasteiger partial charge in [0.05, 0.1) is 19.2 Å². The summed E-state index contributed by atoms with van der Waals surface area (Å²) in [5.74, 6) is -3.76. The summed E-state index contributed by atoms with van der Waals surface area (Å²) in [6.45, 7) is -0.462. The molecule has 0 amide bonds. The molecule has 0 bridgehead atoms. The topological polar surface area (TPSA) is 86.5 Å². The van der Waals surface area contributed by atoms with Crippen molar-refractivity contribution in [2.45, 2.75) is 12.0 Å². The molecular formula is C11H14ClF2N3O3. The number of nitrogens with one attached hydrogen (secondary N) is 1. The minimum absolute atomic E-state index is 0. The summed E-state index contributed by atoms with van der Waals surface area (Å²) in [5.41, 5.74) is 5.63. The van der Waals surface area contributed by atoms with Gasteiger partial charge < -0.3 is 20.5 Å². The van der Waals surface area contributed by atoms with Crippen LogP contribution in [0, 0.1) is 0 Å². The second-order valence-electron chi connectivity index (χ2n) is 4.10. The van der Waals surface area contributed by atoms with Gasteiger partial charge in [-0.25, -0.2) is 18.6 Å². The number of halogens is 3. The molecule has 1 unspecified atom stereocenters. The molecule has 0 aliphatic carbocycles. The van der Waals surface area contributed by atoms with E-state index in [4.69, 9.17) is 10.5 Å². The number of nitrogens with two attached hydrogens (primary N) is 1. The number of nitrogens with zero attached hydrogens (tertiary/aromatic N) is 1. The molecule has 1 aliphatic heterocycles. The smallest absolute Gasteiger partial charge is 0.339 e. The average Bonchev–Trinajstić information content (AvgIpc) is 2.70. The number of rotatable bonds is 3. The first kappa shape index (κ1) is 16.4. The number of carbonyl (C=O) groups is 1. The van der Waals surface area contributed by atoms with Crippen molar-refractivity contribution >= 4 is 24.2 Å². The predicted molar refractivity (Wildman–Crippen MR) is 69.5 cm³/mol. The number of anilines is 1. The van der Waals surface area contributed by atoms with Gasteiger partial charge in [-0.05, 0) is 0 Å². The fourth-order valence-corrected chi connectivity index (χ4v) is 1.69. The highest BCUT2D eigenvalue weighted by Gasteiger charge is 2.46. The molecule has 1 aliphatic rings. The molecule has 1 aromatic heterocycles. The van der Waals surface area contributed by atoms with E-state index in [9.17, 15) is 13.6 Å². The lowest BCUT2D eigenvalue weighted by atomic mass is 10.2.